The molecule has 0 saturated heterocycles. The summed E-state index contributed by atoms with van der Waals surface area (Å²) in [5, 5.41) is 0.666. The van der Waals surface area contributed by atoms with Gasteiger partial charge < -0.3 is 0 Å². The topological polar surface area (TPSA) is 55.4 Å². The molecule has 1 N–H and O–H groups in total. The average molecular weight is 338 g/mol. The molecule has 6 heteroatoms. The van der Waals surface area contributed by atoms with Crippen LogP contribution in [-0.4, -0.2) is 15.0 Å². The summed E-state index contributed by atoms with van der Waals surface area (Å²) in [6.45, 7) is 2.01. The molecule has 0 amide bonds. The van der Waals surface area contributed by atoms with E-state index in [0.29, 0.717) is 5.02 Å². The summed E-state index contributed by atoms with van der Waals surface area (Å²) >= 11 is 5.79. The molecular weight excluding hydrogens is 322 g/mol. The highest BCUT2D eigenvalue weighted by Crippen LogP contribution is 2.11. The lowest BCUT2D eigenvalue weighted by atomic mass is 10.2. The quantitative estimate of drug-likeness (QED) is 0.647. The molecule has 0 fully saturated rings. The van der Waals surface area contributed by atoms with E-state index in [9.17, 15) is 8.42 Å². The summed E-state index contributed by atoms with van der Waals surface area (Å²) in [6.07, 6.45) is 3.53. The van der Waals surface area contributed by atoms with E-state index in [0.717, 1.165) is 11.1 Å². The minimum absolute atomic E-state index is 0.119. The Balaban J connectivity index is 1.85. The molecule has 0 aliphatic rings. The number of aryl methyl sites for hydroxylation is 1. The molecule has 116 valence electrons. The normalized spacial score (nSPS) is 11.9. The molecule has 0 spiro atoms. The third kappa shape index (κ3) is 4.96. The second kappa shape index (κ2) is 7.56. The van der Waals surface area contributed by atoms with Gasteiger partial charge >= 0.3 is 0 Å². The number of hydrogen-bond donors (Lipinski definition) is 1. The number of sulfonamides is 1. The number of rotatable bonds is 6. The molecule has 0 aliphatic heterocycles. The van der Waals surface area contributed by atoms with Crippen molar-refractivity contribution in [3.63, 3.8) is 0 Å². The van der Waals surface area contributed by atoms with Crippen LogP contribution in [0.1, 0.15) is 11.1 Å². The maximum absolute atomic E-state index is 11.9. The van der Waals surface area contributed by atoms with Gasteiger partial charge in [-0.15, -0.1) is 0 Å². The monoisotopic (exact) mass is 337 g/mol. The first-order valence-electron chi connectivity index (χ1n) is 6.60. The van der Waals surface area contributed by atoms with Crippen LogP contribution in [0.2, 0.25) is 5.02 Å². The number of benzene rings is 2. The van der Waals surface area contributed by atoms with Crippen molar-refractivity contribution in [2.24, 2.45) is 0 Å². The van der Waals surface area contributed by atoms with Gasteiger partial charge in [-0.1, -0.05) is 58.5 Å². The molecule has 0 atom stereocenters. The molecule has 0 aliphatic carbocycles. The van der Waals surface area contributed by atoms with Crippen LogP contribution in [0.4, 0.5) is 0 Å². The van der Waals surface area contributed by atoms with Crippen molar-refractivity contribution in [3.05, 3.63) is 70.8 Å². The molecule has 0 unspecified atom stereocenters. The Labute approximate surface area is 135 Å². The largest absolute Gasteiger partial charge is 0.283 e. The Kier molecular flexibility index (Phi) is 5.74. The summed E-state index contributed by atoms with van der Waals surface area (Å²) in [6, 6.07) is 13.8. The molecule has 0 aromatic heterocycles. The van der Waals surface area contributed by atoms with Crippen LogP contribution in [-0.2, 0) is 14.9 Å². The summed E-state index contributed by atoms with van der Waals surface area (Å²) in [4.78, 5) is 7.23. The predicted molar refractivity (Wildman–Crippen MR) is 87.9 cm³/mol. The Morgan fingerprint density at radius 2 is 1.73 bits per heavy atom. The van der Waals surface area contributed by atoms with Gasteiger partial charge in [0.1, 0.15) is 0 Å². The highest BCUT2D eigenvalue weighted by molar-refractivity contribution is 7.89. The van der Waals surface area contributed by atoms with E-state index < -0.39 is 10.0 Å². The van der Waals surface area contributed by atoms with Gasteiger partial charge in [-0.05, 0) is 36.8 Å². The summed E-state index contributed by atoms with van der Waals surface area (Å²) in [5.41, 5.74) is 1.94. The molecule has 4 nitrogen and oxygen atoms in total. The lowest BCUT2D eigenvalue weighted by Gasteiger charge is -2.05. The third-order valence-electron chi connectivity index (χ3n) is 2.86. The van der Waals surface area contributed by atoms with E-state index >= 15 is 0 Å². The third-order valence-corrected chi connectivity index (χ3v) is 4.34. The predicted octanol–water partition coefficient (Wildman–Crippen LogP) is 3.57. The molecule has 2 aromatic carbocycles. The fourth-order valence-corrected chi connectivity index (χ4v) is 2.62. The van der Waals surface area contributed by atoms with Crippen molar-refractivity contribution in [1.29, 1.82) is 0 Å². The van der Waals surface area contributed by atoms with Crippen LogP contribution in [0.5, 0.6) is 0 Å². The minimum Gasteiger partial charge on any atom is -0.283 e. The second-order valence-corrected chi connectivity index (χ2v) is 6.75. The molecule has 0 heterocycles. The number of halogens is 1. The first-order chi connectivity index (χ1) is 10.5. The van der Waals surface area contributed by atoms with Gasteiger partial charge in [0.2, 0.25) is 0 Å². The van der Waals surface area contributed by atoms with Crippen molar-refractivity contribution in [2.75, 3.05) is 6.61 Å². The SMILES string of the molecule is Cc1ccc(S(=O)(=O)NOC/C=C/c2ccc(Cl)cc2)cc1. The van der Waals surface area contributed by atoms with Gasteiger partial charge in [0.05, 0.1) is 11.5 Å². The van der Waals surface area contributed by atoms with Gasteiger partial charge in [-0.2, -0.15) is 0 Å². The van der Waals surface area contributed by atoms with Crippen LogP contribution in [0.25, 0.3) is 6.08 Å². The Hall–Kier alpha value is -1.66. The van der Waals surface area contributed by atoms with Crippen LogP contribution in [0.15, 0.2) is 59.5 Å². The standard InChI is InChI=1S/C16H16ClNO3S/c1-13-4-10-16(11-5-13)22(19,20)18-21-12-2-3-14-6-8-15(17)9-7-14/h2-11,18H,12H2,1H3/b3-2+. The van der Waals surface area contributed by atoms with Crippen molar-refractivity contribution in [3.8, 4) is 0 Å². The van der Waals surface area contributed by atoms with E-state index in [4.69, 9.17) is 16.4 Å². The summed E-state index contributed by atoms with van der Waals surface area (Å²) in [7, 11) is -3.65. The lowest BCUT2D eigenvalue weighted by molar-refractivity contribution is 0.119. The zero-order valence-corrected chi connectivity index (χ0v) is 13.6. The Morgan fingerprint density at radius 3 is 2.36 bits per heavy atom. The second-order valence-electron chi connectivity index (χ2n) is 4.66. The first-order valence-corrected chi connectivity index (χ1v) is 8.46. The highest BCUT2D eigenvalue weighted by Gasteiger charge is 2.12. The summed E-state index contributed by atoms with van der Waals surface area (Å²) in [5.74, 6) is 0. The average Bonchev–Trinajstić information content (AvgIpc) is 2.49. The van der Waals surface area contributed by atoms with E-state index in [1.54, 1.807) is 30.3 Å². The van der Waals surface area contributed by atoms with Gasteiger partial charge in [0, 0.05) is 5.02 Å². The van der Waals surface area contributed by atoms with E-state index in [1.165, 1.54) is 12.1 Å². The van der Waals surface area contributed by atoms with Gasteiger partial charge in [-0.3, -0.25) is 4.84 Å². The fourth-order valence-electron chi connectivity index (χ4n) is 1.68. The highest BCUT2D eigenvalue weighted by atomic mass is 35.5. The molecule has 0 saturated carbocycles. The van der Waals surface area contributed by atoms with E-state index in [1.807, 2.05) is 25.1 Å². The summed E-state index contributed by atoms with van der Waals surface area (Å²) < 4.78 is 23.9. The fraction of sp³-hybridized carbons (Fsp3) is 0.125. The maximum Gasteiger partial charge on any atom is 0.262 e. The van der Waals surface area contributed by atoms with Gasteiger partial charge in [0.15, 0.2) is 0 Å². The van der Waals surface area contributed by atoms with Crippen molar-refractivity contribution in [2.45, 2.75) is 11.8 Å². The molecular formula is C16H16ClNO3S. The van der Waals surface area contributed by atoms with Crippen molar-refractivity contribution >= 4 is 27.7 Å². The molecule has 0 bridgehead atoms. The Bertz CT molecular complexity index is 738. The van der Waals surface area contributed by atoms with Crippen LogP contribution in [0, 0.1) is 6.92 Å². The van der Waals surface area contributed by atoms with Gasteiger partial charge in [-0.25, -0.2) is 8.42 Å². The molecule has 0 radical (unpaired) electrons. The zero-order valence-electron chi connectivity index (χ0n) is 12.0. The molecule has 22 heavy (non-hydrogen) atoms. The van der Waals surface area contributed by atoms with Crippen LogP contribution >= 0.6 is 11.6 Å². The van der Waals surface area contributed by atoms with Crippen molar-refractivity contribution in [1.82, 2.24) is 4.89 Å². The first kappa shape index (κ1) is 16.7. The lowest BCUT2D eigenvalue weighted by Crippen LogP contribution is -2.24. The maximum atomic E-state index is 11.9. The zero-order chi connectivity index (χ0) is 16.0. The smallest absolute Gasteiger partial charge is 0.262 e. The van der Waals surface area contributed by atoms with Gasteiger partial charge in [0.25, 0.3) is 10.0 Å². The van der Waals surface area contributed by atoms with Crippen molar-refractivity contribution < 1.29 is 13.3 Å². The van der Waals surface area contributed by atoms with E-state index in [-0.39, 0.29) is 11.5 Å². The van der Waals surface area contributed by atoms with Crippen LogP contribution < -0.4 is 4.89 Å². The van der Waals surface area contributed by atoms with E-state index in [2.05, 4.69) is 4.89 Å². The minimum atomic E-state index is -3.65. The number of hydrogen-bond acceptors (Lipinski definition) is 3. The number of nitrogens with one attached hydrogen (secondary N) is 1. The molecule has 2 rings (SSSR count). The van der Waals surface area contributed by atoms with Crippen LogP contribution in [0.3, 0.4) is 0 Å². The molecule has 2 aromatic rings. The Morgan fingerprint density at radius 1 is 1.09 bits per heavy atom.